The van der Waals surface area contributed by atoms with Gasteiger partial charge in [-0.3, -0.25) is 19.2 Å². The number of thioether (sulfide) groups is 1. The van der Waals surface area contributed by atoms with E-state index in [0.717, 1.165) is 28.0 Å². The minimum Gasteiger partial charge on any atom is -0.497 e. The maximum absolute atomic E-state index is 12.6. The SMILES string of the molecule is COc1ccc(N2C(=O)SC(CC(=O)Nc3nc(CC(=O)O)cs3)C2=O)cc1. The molecule has 1 aromatic carbocycles. The highest BCUT2D eigenvalue weighted by molar-refractivity contribution is 8.15. The first-order valence-electron chi connectivity index (χ1n) is 8.02. The summed E-state index contributed by atoms with van der Waals surface area (Å²) in [5, 5.41) is 11.8. The number of rotatable bonds is 7. The number of carboxylic acid groups (broad SMARTS) is 1. The highest BCUT2D eigenvalue weighted by Gasteiger charge is 2.41. The predicted octanol–water partition coefficient (Wildman–Crippen LogP) is 2.38. The van der Waals surface area contributed by atoms with Crippen LogP contribution < -0.4 is 15.0 Å². The number of hydrogen-bond donors (Lipinski definition) is 2. The van der Waals surface area contributed by atoms with E-state index in [1.807, 2.05) is 0 Å². The third-order valence-electron chi connectivity index (χ3n) is 3.75. The fourth-order valence-corrected chi connectivity index (χ4v) is 4.20. The zero-order chi connectivity index (χ0) is 20.3. The van der Waals surface area contributed by atoms with Crippen LogP contribution in [0.25, 0.3) is 0 Å². The summed E-state index contributed by atoms with van der Waals surface area (Å²) >= 11 is 1.88. The molecular weight excluding hydrogens is 406 g/mol. The van der Waals surface area contributed by atoms with Crippen molar-refractivity contribution in [2.75, 3.05) is 17.3 Å². The van der Waals surface area contributed by atoms with E-state index in [0.29, 0.717) is 17.1 Å². The lowest BCUT2D eigenvalue weighted by molar-refractivity contribution is -0.136. The van der Waals surface area contributed by atoms with Crippen molar-refractivity contribution in [1.29, 1.82) is 0 Å². The summed E-state index contributed by atoms with van der Waals surface area (Å²) in [5.41, 5.74) is 0.740. The lowest BCUT2D eigenvalue weighted by Crippen LogP contribution is -2.32. The molecule has 28 heavy (non-hydrogen) atoms. The number of imide groups is 1. The standard InChI is InChI=1S/C17H15N3O6S2/c1-26-11-4-2-10(3-5-11)20-15(24)12(28-17(20)25)7-13(21)19-16-18-9(8-27-16)6-14(22)23/h2-5,8,12H,6-7H2,1H3,(H,22,23)(H,18,19,21). The topological polar surface area (TPSA) is 126 Å². The number of anilines is 2. The number of carboxylic acids is 1. The molecule has 1 unspecified atom stereocenters. The maximum Gasteiger partial charge on any atom is 0.309 e. The van der Waals surface area contributed by atoms with Gasteiger partial charge in [0.15, 0.2) is 5.13 Å². The minimum atomic E-state index is -1.02. The molecule has 0 saturated carbocycles. The van der Waals surface area contributed by atoms with Gasteiger partial charge in [-0.05, 0) is 36.0 Å². The van der Waals surface area contributed by atoms with Gasteiger partial charge in [0.05, 0.1) is 24.9 Å². The Hall–Kier alpha value is -2.92. The molecule has 2 N–H and O–H groups in total. The number of carbonyl (C=O) groups is 4. The first kappa shape index (κ1) is 19.8. The monoisotopic (exact) mass is 421 g/mol. The summed E-state index contributed by atoms with van der Waals surface area (Å²) < 4.78 is 5.05. The smallest absolute Gasteiger partial charge is 0.309 e. The van der Waals surface area contributed by atoms with Crippen molar-refractivity contribution in [2.24, 2.45) is 0 Å². The van der Waals surface area contributed by atoms with Crippen LogP contribution in [0.3, 0.4) is 0 Å². The minimum absolute atomic E-state index is 0.199. The second-order valence-electron chi connectivity index (χ2n) is 5.71. The average molecular weight is 421 g/mol. The zero-order valence-electron chi connectivity index (χ0n) is 14.6. The third kappa shape index (κ3) is 4.49. The number of ether oxygens (including phenoxy) is 1. The summed E-state index contributed by atoms with van der Waals surface area (Å²) in [4.78, 5) is 52.7. The molecule has 146 valence electrons. The molecule has 11 heteroatoms. The number of methoxy groups -OCH3 is 1. The Kier molecular flexibility index (Phi) is 5.95. The van der Waals surface area contributed by atoms with E-state index < -0.39 is 28.3 Å². The van der Waals surface area contributed by atoms with Crippen LogP contribution in [0, 0.1) is 0 Å². The van der Waals surface area contributed by atoms with Crippen molar-refractivity contribution in [3.63, 3.8) is 0 Å². The van der Waals surface area contributed by atoms with E-state index >= 15 is 0 Å². The largest absolute Gasteiger partial charge is 0.497 e. The molecule has 0 radical (unpaired) electrons. The Balaban J connectivity index is 1.62. The van der Waals surface area contributed by atoms with Crippen molar-refractivity contribution in [3.8, 4) is 5.75 Å². The fraction of sp³-hybridized carbons (Fsp3) is 0.235. The van der Waals surface area contributed by atoms with Gasteiger partial charge in [-0.25, -0.2) is 9.88 Å². The van der Waals surface area contributed by atoms with Crippen LogP contribution in [-0.4, -0.2) is 45.5 Å². The molecule has 9 nitrogen and oxygen atoms in total. The molecule has 1 atom stereocenters. The number of hydrogen-bond acceptors (Lipinski definition) is 8. The predicted molar refractivity (Wildman–Crippen MR) is 104 cm³/mol. The number of benzene rings is 1. The number of amides is 3. The van der Waals surface area contributed by atoms with Gasteiger partial charge < -0.3 is 15.2 Å². The number of aromatic nitrogens is 1. The number of nitrogens with zero attached hydrogens (tertiary/aromatic N) is 2. The maximum atomic E-state index is 12.6. The van der Waals surface area contributed by atoms with Gasteiger partial charge in [-0.1, -0.05) is 0 Å². The molecule has 3 rings (SSSR count). The number of thiazole rings is 1. The summed E-state index contributed by atoms with van der Waals surface area (Å²) in [7, 11) is 1.51. The van der Waals surface area contributed by atoms with Crippen molar-refractivity contribution in [1.82, 2.24) is 4.98 Å². The van der Waals surface area contributed by atoms with Gasteiger partial charge in [0.1, 0.15) is 11.0 Å². The zero-order valence-corrected chi connectivity index (χ0v) is 16.2. The van der Waals surface area contributed by atoms with Gasteiger partial charge >= 0.3 is 5.97 Å². The second-order valence-corrected chi connectivity index (χ2v) is 7.72. The summed E-state index contributed by atoms with van der Waals surface area (Å²) in [6, 6.07) is 6.46. The van der Waals surface area contributed by atoms with Crippen LogP contribution in [0.2, 0.25) is 0 Å². The molecule has 0 bridgehead atoms. The van der Waals surface area contributed by atoms with Gasteiger partial charge in [0.2, 0.25) is 11.8 Å². The Bertz CT molecular complexity index is 927. The Morgan fingerprint density at radius 2 is 2.00 bits per heavy atom. The first-order valence-corrected chi connectivity index (χ1v) is 9.78. The van der Waals surface area contributed by atoms with Crippen LogP contribution in [-0.2, 0) is 20.8 Å². The number of aliphatic carboxylic acids is 1. The van der Waals surface area contributed by atoms with E-state index in [9.17, 15) is 19.2 Å². The van der Waals surface area contributed by atoms with Crippen molar-refractivity contribution < 1.29 is 29.0 Å². The summed E-state index contributed by atoms with van der Waals surface area (Å²) in [6.07, 6.45) is -0.440. The Labute approximate surface area is 167 Å². The van der Waals surface area contributed by atoms with Gasteiger partial charge in [-0.15, -0.1) is 11.3 Å². The van der Waals surface area contributed by atoms with E-state index in [2.05, 4.69) is 10.3 Å². The second kappa shape index (κ2) is 8.40. The van der Waals surface area contributed by atoms with Crippen LogP contribution in [0.4, 0.5) is 15.6 Å². The van der Waals surface area contributed by atoms with Gasteiger partial charge in [-0.2, -0.15) is 0 Å². The lowest BCUT2D eigenvalue weighted by Gasteiger charge is -2.14. The molecule has 2 heterocycles. The molecule has 1 aliphatic rings. The molecule has 1 aromatic heterocycles. The molecule has 1 saturated heterocycles. The summed E-state index contributed by atoms with van der Waals surface area (Å²) in [6.45, 7) is 0. The normalized spacial score (nSPS) is 16.3. The van der Waals surface area contributed by atoms with Crippen LogP contribution >= 0.6 is 23.1 Å². The molecule has 0 aliphatic carbocycles. The number of carbonyl (C=O) groups excluding carboxylic acids is 3. The third-order valence-corrected chi connectivity index (χ3v) is 5.60. The van der Waals surface area contributed by atoms with Crippen molar-refractivity contribution >= 4 is 56.9 Å². The number of nitrogens with one attached hydrogen (secondary N) is 1. The lowest BCUT2D eigenvalue weighted by atomic mass is 10.2. The van der Waals surface area contributed by atoms with Crippen molar-refractivity contribution in [3.05, 3.63) is 35.3 Å². The molecule has 1 aliphatic heterocycles. The van der Waals surface area contributed by atoms with E-state index in [4.69, 9.17) is 9.84 Å². The van der Waals surface area contributed by atoms with E-state index in [-0.39, 0.29) is 18.0 Å². The highest BCUT2D eigenvalue weighted by atomic mass is 32.2. The molecular formula is C17H15N3O6S2. The van der Waals surface area contributed by atoms with E-state index in [1.165, 1.54) is 12.5 Å². The van der Waals surface area contributed by atoms with E-state index in [1.54, 1.807) is 24.3 Å². The van der Waals surface area contributed by atoms with Crippen LogP contribution in [0.5, 0.6) is 5.75 Å². The average Bonchev–Trinajstić information content (AvgIpc) is 3.18. The Morgan fingerprint density at radius 1 is 1.29 bits per heavy atom. The highest BCUT2D eigenvalue weighted by Crippen LogP contribution is 2.34. The molecule has 1 fully saturated rings. The van der Waals surface area contributed by atoms with Gasteiger partial charge in [0.25, 0.3) is 5.24 Å². The molecule has 0 spiro atoms. The first-order chi connectivity index (χ1) is 13.4. The summed E-state index contributed by atoms with van der Waals surface area (Å²) in [5.74, 6) is -1.38. The fourth-order valence-electron chi connectivity index (χ4n) is 2.49. The van der Waals surface area contributed by atoms with Crippen LogP contribution in [0.15, 0.2) is 29.6 Å². The van der Waals surface area contributed by atoms with Crippen LogP contribution in [0.1, 0.15) is 12.1 Å². The van der Waals surface area contributed by atoms with Gasteiger partial charge in [0, 0.05) is 11.8 Å². The molecule has 3 amide bonds. The molecule has 2 aromatic rings. The van der Waals surface area contributed by atoms with Crippen molar-refractivity contribution in [2.45, 2.75) is 18.1 Å². The quantitative estimate of drug-likeness (QED) is 0.698. The Morgan fingerprint density at radius 3 is 2.64 bits per heavy atom.